The monoisotopic (exact) mass is 353 g/mol. The highest BCUT2D eigenvalue weighted by atomic mass is 35.5. The van der Waals surface area contributed by atoms with E-state index in [1.807, 2.05) is 17.0 Å². The number of nitrogens with zero attached hydrogens (tertiary/aromatic N) is 3. The number of aromatic nitrogens is 2. The summed E-state index contributed by atoms with van der Waals surface area (Å²) in [6, 6.07) is 5.47. The van der Waals surface area contributed by atoms with Crippen LogP contribution in [0.3, 0.4) is 0 Å². The lowest BCUT2D eigenvalue weighted by Crippen LogP contribution is -2.27. The summed E-state index contributed by atoms with van der Waals surface area (Å²) in [5.41, 5.74) is 1.62. The van der Waals surface area contributed by atoms with Crippen molar-refractivity contribution in [3.63, 3.8) is 0 Å². The van der Waals surface area contributed by atoms with Crippen molar-refractivity contribution in [2.24, 2.45) is 11.8 Å². The molecule has 2 aromatic rings. The lowest BCUT2D eigenvalue weighted by Gasteiger charge is -2.22. The predicted octanol–water partition coefficient (Wildman–Crippen LogP) is 2.98. The zero-order valence-electron chi connectivity index (χ0n) is 12.5. The summed E-state index contributed by atoms with van der Waals surface area (Å²) in [4.78, 5) is 16.6. The third-order valence-electron chi connectivity index (χ3n) is 4.81. The van der Waals surface area contributed by atoms with Gasteiger partial charge in [0.2, 0.25) is 0 Å². The molecule has 2 atom stereocenters. The average Bonchev–Trinajstić information content (AvgIpc) is 3.00. The summed E-state index contributed by atoms with van der Waals surface area (Å²) in [5, 5.41) is 9.40. The summed E-state index contributed by atoms with van der Waals surface area (Å²) < 4.78 is 28.2. The largest absolute Gasteiger partial charge is 0.476 e. The summed E-state index contributed by atoms with van der Waals surface area (Å²) in [5.74, 6) is -4.64. The van der Waals surface area contributed by atoms with Crippen LogP contribution in [0.25, 0.3) is 0 Å². The van der Waals surface area contributed by atoms with Crippen LogP contribution in [0, 0.1) is 11.8 Å². The van der Waals surface area contributed by atoms with Crippen LogP contribution in [-0.4, -0.2) is 39.6 Å². The number of carboxylic acid groups (broad SMARTS) is 1. The van der Waals surface area contributed by atoms with Gasteiger partial charge in [-0.05, 0) is 17.7 Å². The third kappa shape index (κ3) is 2.43. The normalized spacial score (nSPS) is 24.0. The number of rotatable bonds is 4. The van der Waals surface area contributed by atoms with Crippen LogP contribution in [0.1, 0.15) is 16.1 Å². The first-order chi connectivity index (χ1) is 11.4. The van der Waals surface area contributed by atoms with E-state index in [0.717, 1.165) is 11.3 Å². The molecule has 0 bridgehead atoms. The number of carboxylic acids is 1. The van der Waals surface area contributed by atoms with Gasteiger partial charge in [0, 0.05) is 36.5 Å². The Kier molecular flexibility index (Phi) is 3.32. The number of piperidine rings is 1. The molecule has 0 radical (unpaired) electrons. The van der Waals surface area contributed by atoms with E-state index in [0.29, 0.717) is 24.7 Å². The van der Waals surface area contributed by atoms with Crippen LogP contribution in [0.15, 0.2) is 30.7 Å². The van der Waals surface area contributed by atoms with Crippen LogP contribution in [0.4, 0.5) is 14.5 Å². The molecule has 5 nitrogen and oxygen atoms in total. The zero-order valence-corrected chi connectivity index (χ0v) is 13.2. The van der Waals surface area contributed by atoms with Gasteiger partial charge < -0.3 is 14.6 Å². The predicted molar refractivity (Wildman–Crippen MR) is 83.9 cm³/mol. The smallest absolute Gasteiger partial charge is 0.356 e. The molecule has 1 aromatic heterocycles. The number of carbonyl (C=O) groups is 1. The van der Waals surface area contributed by atoms with Crippen molar-refractivity contribution in [3.05, 3.63) is 47.0 Å². The van der Waals surface area contributed by atoms with Crippen LogP contribution in [0.5, 0.6) is 0 Å². The van der Waals surface area contributed by atoms with E-state index in [9.17, 15) is 13.6 Å². The van der Waals surface area contributed by atoms with Crippen molar-refractivity contribution in [1.29, 1.82) is 0 Å². The van der Waals surface area contributed by atoms with Crippen LogP contribution in [-0.2, 0) is 6.54 Å². The number of fused-ring (bicyclic) bond motifs is 1. The van der Waals surface area contributed by atoms with Crippen molar-refractivity contribution in [1.82, 2.24) is 9.55 Å². The van der Waals surface area contributed by atoms with E-state index >= 15 is 0 Å². The maximum Gasteiger partial charge on any atom is 0.356 e. The fourth-order valence-electron chi connectivity index (χ4n) is 3.33. The molecule has 1 aromatic carbocycles. The Morgan fingerprint density at radius 3 is 2.67 bits per heavy atom. The van der Waals surface area contributed by atoms with Gasteiger partial charge in [-0.15, -0.1) is 0 Å². The molecule has 0 spiro atoms. The van der Waals surface area contributed by atoms with Gasteiger partial charge in [-0.1, -0.05) is 17.7 Å². The molecule has 2 aliphatic rings. The Balaban J connectivity index is 1.47. The van der Waals surface area contributed by atoms with Crippen molar-refractivity contribution < 1.29 is 18.7 Å². The molecule has 1 aliphatic heterocycles. The molecule has 1 aliphatic carbocycles. The van der Waals surface area contributed by atoms with Gasteiger partial charge in [-0.2, -0.15) is 0 Å². The highest BCUT2D eigenvalue weighted by molar-refractivity contribution is 6.31. The zero-order chi connectivity index (χ0) is 17.1. The molecule has 1 saturated heterocycles. The number of hydrogen-bond donors (Lipinski definition) is 1. The molecule has 24 heavy (non-hydrogen) atoms. The van der Waals surface area contributed by atoms with Gasteiger partial charge in [0.1, 0.15) is 0 Å². The van der Waals surface area contributed by atoms with Gasteiger partial charge in [-0.3, -0.25) is 0 Å². The van der Waals surface area contributed by atoms with E-state index in [1.54, 1.807) is 10.6 Å². The third-order valence-corrected chi connectivity index (χ3v) is 5.16. The lowest BCUT2D eigenvalue weighted by molar-refractivity contribution is 0.0690. The summed E-state index contributed by atoms with van der Waals surface area (Å²) in [6.07, 6.45) is 2.87. The maximum absolute atomic E-state index is 13.3. The standard InChI is InChI=1S/C16H14ClF2N3O2/c17-13-3-10(22-5-11-12(6-22)16(11,18)19)2-1-9(13)4-21-7-14(15(23)24)20-8-21/h1-3,7-8,11-12H,4-6H2,(H,23,24)/t11-,12?/m0/s1. The average molecular weight is 354 g/mol. The van der Waals surface area contributed by atoms with Crippen LogP contribution < -0.4 is 4.90 Å². The Morgan fingerprint density at radius 1 is 1.38 bits per heavy atom. The van der Waals surface area contributed by atoms with Crippen LogP contribution >= 0.6 is 11.6 Å². The Labute approximate surface area is 141 Å². The Bertz CT molecular complexity index is 809. The molecule has 1 N–H and O–H groups in total. The number of benzene rings is 1. The molecule has 126 valence electrons. The van der Waals surface area contributed by atoms with Gasteiger partial charge in [0.25, 0.3) is 5.92 Å². The molecule has 1 saturated carbocycles. The second-order valence-corrected chi connectivity index (χ2v) is 6.71. The van der Waals surface area contributed by atoms with Crippen molar-refractivity contribution in [3.8, 4) is 0 Å². The van der Waals surface area contributed by atoms with E-state index in [-0.39, 0.29) is 5.69 Å². The molecular formula is C16H14ClF2N3O2. The van der Waals surface area contributed by atoms with Gasteiger partial charge in [-0.25, -0.2) is 18.6 Å². The minimum Gasteiger partial charge on any atom is -0.476 e. The number of halogens is 3. The molecular weight excluding hydrogens is 340 g/mol. The first-order valence-corrected chi connectivity index (χ1v) is 7.90. The topological polar surface area (TPSA) is 58.4 Å². The number of imidazole rings is 1. The molecule has 2 heterocycles. The SMILES string of the molecule is O=C(O)c1cn(Cc2ccc(N3CC4[C@H](C3)C4(F)F)cc2Cl)cn1. The summed E-state index contributed by atoms with van der Waals surface area (Å²) >= 11 is 6.31. The first-order valence-electron chi connectivity index (χ1n) is 7.52. The second-order valence-electron chi connectivity index (χ2n) is 6.30. The van der Waals surface area contributed by atoms with Crippen molar-refractivity contribution >= 4 is 23.3 Å². The summed E-state index contributed by atoms with van der Waals surface area (Å²) in [6.45, 7) is 1.11. The van der Waals surface area contributed by atoms with E-state index in [1.165, 1.54) is 12.5 Å². The minimum atomic E-state index is -2.50. The number of hydrogen-bond acceptors (Lipinski definition) is 3. The Morgan fingerprint density at radius 2 is 2.08 bits per heavy atom. The Hall–Kier alpha value is -2.15. The molecule has 1 unspecified atom stereocenters. The van der Waals surface area contributed by atoms with E-state index in [4.69, 9.17) is 16.7 Å². The first kappa shape index (κ1) is 15.4. The van der Waals surface area contributed by atoms with Crippen LogP contribution in [0.2, 0.25) is 5.02 Å². The number of aromatic carboxylic acids is 1. The number of anilines is 1. The second kappa shape index (κ2) is 5.17. The van der Waals surface area contributed by atoms with Crippen molar-refractivity contribution in [2.75, 3.05) is 18.0 Å². The highest BCUT2D eigenvalue weighted by Gasteiger charge is 2.71. The van der Waals surface area contributed by atoms with Gasteiger partial charge in [0.05, 0.1) is 18.2 Å². The fourth-order valence-corrected chi connectivity index (χ4v) is 3.57. The maximum atomic E-state index is 13.3. The molecule has 2 fully saturated rings. The van der Waals surface area contributed by atoms with E-state index < -0.39 is 23.7 Å². The molecule has 4 rings (SSSR count). The molecule has 0 amide bonds. The number of alkyl halides is 2. The van der Waals surface area contributed by atoms with Crippen molar-refractivity contribution in [2.45, 2.75) is 12.5 Å². The van der Waals surface area contributed by atoms with E-state index in [2.05, 4.69) is 4.98 Å². The quantitative estimate of drug-likeness (QED) is 0.918. The molecule has 8 heteroatoms. The minimum absolute atomic E-state index is 0.0278. The fraction of sp³-hybridized carbons (Fsp3) is 0.375. The summed E-state index contributed by atoms with van der Waals surface area (Å²) in [7, 11) is 0. The van der Waals surface area contributed by atoms with Gasteiger partial charge >= 0.3 is 5.97 Å². The van der Waals surface area contributed by atoms with Gasteiger partial charge in [0.15, 0.2) is 5.69 Å². The highest BCUT2D eigenvalue weighted by Crippen LogP contribution is 2.59. The lowest BCUT2D eigenvalue weighted by atomic mass is 10.2.